The van der Waals surface area contributed by atoms with Crippen LogP contribution in [0.5, 0.6) is 0 Å². The highest BCUT2D eigenvalue weighted by Crippen LogP contribution is 2.24. The first-order valence-corrected chi connectivity index (χ1v) is 6.75. The number of thiazole rings is 1. The van der Waals surface area contributed by atoms with Gasteiger partial charge in [0.25, 0.3) is 0 Å². The van der Waals surface area contributed by atoms with Gasteiger partial charge in [-0.2, -0.15) is 0 Å². The number of carbonyl (C=O) groups is 1. The van der Waals surface area contributed by atoms with Crippen LogP contribution in [0.2, 0.25) is 0 Å². The van der Waals surface area contributed by atoms with Gasteiger partial charge in [-0.15, -0.1) is 11.3 Å². The molecule has 0 spiro atoms. The fraction of sp³-hybridized carbons (Fsp3) is 0.0909. The predicted octanol–water partition coefficient (Wildman–Crippen LogP) is 3.07. The predicted molar refractivity (Wildman–Crippen MR) is 73.4 cm³/mol. The highest BCUT2D eigenvalue weighted by atomic mass is 32.1. The molecule has 0 amide bonds. The van der Waals surface area contributed by atoms with Crippen molar-refractivity contribution in [2.45, 2.75) is 0 Å². The molecule has 0 atom stereocenters. The van der Waals surface area contributed by atoms with Crippen molar-refractivity contribution in [1.29, 1.82) is 0 Å². The van der Waals surface area contributed by atoms with Gasteiger partial charge >= 0.3 is 11.0 Å². The van der Waals surface area contributed by atoms with Crippen LogP contribution in [-0.4, -0.2) is 23.0 Å². The molecule has 2 aromatic heterocycles. The molecule has 0 aliphatic heterocycles. The maximum absolute atomic E-state index is 11.2. The van der Waals surface area contributed by atoms with Gasteiger partial charge in [-0.05, 0) is 11.6 Å². The van der Waals surface area contributed by atoms with Crippen molar-refractivity contribution < 1.29 is 14.5 Å². The summed E-state index contributed by atoms with van der Waals surface area (Å²) in [5, 5.41) is 12.9. The van der Waals surface area contributed by atoms with Gasteiger partial charge in [-0.1, -0.05) is 17.4 Å². The number of nitrogens with zero attached hydrogens (tertiary/aromatic N) is 2. The Balaban J connectivity index is 2.11. The molecule has 8 heteroatoms. The monoisotopic (exact) mass is 296 g/mol. The number of hydrogen-bond donors (Lipinski definition) is 0. The van der Waals surface area contributed by atoms with Crippen LogP contribution < -0.4 is 0 Å². The first-order chi connectivity index (χ1) is 9.10. The molecule has 0 radical (unpaired) electrons. The van der Waals surface area contributed by atoms with Crippen LogP contribution in [0.25, 0.3) is 12.2 Å². The molecule has 0 aliphatic rings. The third-order valence-corrected chi connectivity index (χ3v) is 3.96. The van der Waals surface area contributed by atoms with Crippen LogP contribution in [0, 0.1) is 10.1 Å². The third kappa shape index (κ3) is 3.24. The van der Waals surface area contributed by atoms with Gasteiger partial charge in [0.1, 0.15) is 9.88 Å². The number of rotatable bonds is 4. The second kappa shape index (κ2) is 5.72. The zero-order valence-electron chi connectivity index (χ0n) is 9.73. The van der Waals surface area contributed by atoms with Gasteiger partial charge < -0.3 is 4.74 Å². The van der Waals surface area contributed by atoms with Crippen molar-refractivity contribution in [3.05, 3.63) is 43.2 Å². The Kier molecular flexibility index (Phi) is 4.03. The molecule has 0 saturated heterocycles. The van der Waals surface area contributed by atoms with Gasteiger partial charge in [-0.3, -0.25) is 10.1 Å². The van der Waals surface area contributed by atoms with Crippen LogP contribution >= 0.6 is 22.7 Å². The molecule has 0 saturated carbocycles. The number of methoxy groups -OCH3 is 1. The van der Waals surface area contributed by atoms with Crippen molar-refractivity contribution in [1.82, 2.24) is 4.98 Å². The first-order valence-electron chi connectivity index (χ1n) is 5.05. The SMILES string of the molecule is COC(=O)c1cnc(/C=C/c2csc([N+](=O)[O-])c2)s1. The van der Waals surface area contributed by atoms with Crippen molar-refractivity contribution in [3.8, 4) is 0 Å². The fourth-order valence-electron chi connectivity index (χ4n) is 1.25. The number of hydrogen-bond acceptors (Lipinski definition) is 7. The van der Waals surface area contributed by atoms with E-state index in [2.05, 4.69) is 9.72 Å². The number of carbonyl (C=O) groups excluding carboxylic acids is 1. The standard InChI is InChI=1S/C11H8N2O4S2/c1-17-11(14)8-5-12-9(19-8)3-2-7-4-10(13(15)16)18-6-7/h2-6H,1H3/b3-2+. The molecule has 0 aromatic carbocycles. The van der Waals surface area contributed by atoms with E-state index in [0.29, 0.717) is 9.88 Å². The van der Waals surface area contributed by atoms with Gasteiger partial charge in [0.05, 0.1) is 18.2 Å². The Morgan fingerprint density at radius 3 is 2.95 bits per heavy atom. The molecule has 2 heterocycles. The van der Waals surface area contributed by atoms with E-state index >= 15 is 0 Å². The molecule has 98 valence electrons. The lowest BCUT2D eigenvalue weighted by Gasteiger charge is -1.90. The molecule has 0 unspecified atom stereocenters. The van der Waals surface area contributed by atoms with Gasteiger partial charge in [0, 0.05) is 11.4 Å². The van der Waals surface area contributed by atoms with E-state index in [1.165, 1.54) is 30.7 Å². The summed E-state index contributed by atoms with van der Waals surface area (Å²) in [4.78, 5) is 25.8. The number of ether oxygens (including phenoxy) is 1. The van der Waals surface area contributed by atoms with Gasteiger partial charge in [0.2, 0.25) is 0 Å². The quantitative estimate of drug-likeness (QED) is 0.492. The van der Waals surface area contributed by atoms with E-state index in [-0.39, 0.29) is 5.00 Å². The summed E-state index contributed by atoms with van der Waals surface area (Å²) < 4.78 is 4.58. The van der Waals surface area contributed by atoms with Crippen molar-refractivity contribution in [3.63, 3.8) is 0 Å². The highest BCUT2D eigenvalue weighted by molar-refractivity contribution is 7.14. The van der Waals surface area contributed by atoms with Crippen molar-refractivity contribution in [2.24, 2.45) is 0 Å². The summed E-state index contributed by atoms with van der Waals surface area (Å²) in [6.07, 6.45) is 4.85. The van der Waals surface area contributed by atoms with Crippen LogP contribution in [0.1, 0.15) is 20.2 Å². The molecule has 6 nitrogen and oxygen atoms in total. The van der Waals surface area contributed by atoms with E-state index in [4.69, 9.17) is 0 Å². The molecule has 2 rings (SSSR count). The third-order valence-electron chi connectivity index (χ3n) is 2.11. The minimum Gasteiger partial charge on any atom is -0.465 e. The summed E-state index contributed by atoms with van der Waals surface area (Å²) in [5.74, 6) is -0.427. The Hall–Kier alpha value is -2.06. The second-order valence-corrected chi connectivity index (χ2v) is 5.31. The van der Waals surface area contributed by atoms with E-state index in [1.807, 2.05) is 0 Å². The lowest BCUT2D eigenvalue weighted by molar-refractivity contribution is -0.380. The van der Waals surface area contributed by atoms with Crippen LogP contribution in [0.15, 0.2) is 17.6 Å². The zero-order chi connectivity index (χ0) is 13.8. The average molecular weight is 296 g/mol. The Morgan fingerprint density at radius 1 is 1.53 bits per heavy atom. The number of aromatic nitrogens is 1. The molecule has 2 aromatic rings. The van der Waals surface area contributed by atoms with E-state index in [0.717, 1.165) is 16.9 Å². The summed E-state index contributed by atoms with van der Waals surface area (Å²) in [6, 6.07) is 1.48. The minimum absolute atomic E-state index is 0.0917. The van der Waals surface area contributed by atoms with Gasteiger partial charge in [-0.25, -0.2) is 9.78 Å². The Labute approximate surface area is 116 Å². The maximum atomic E-state index is 11.2. The maximum Gasteiger partial charge on any atom is 0.349 e. The van der Waals surface area contributed by atoms with Crippen LogP contribution in [-0.2, 0) is 4.74 Å². The second-order valence-electron chi connectivity index (χ2n) is 3.36. The molecule has 0 fully saturated rings. The van der Waals surface area contributed by atoms with Crippen LogP contribution in [0.4, 0.5) is 5.00 Å². The summed E-state index contributed by atoms with van der Waals surface area (Å²) in [7, 11) is 1.31. The number of esters is 1. The zero-order valence-corrected chi connectivity index (χ0v) is 11.4. The number of nitro groups is 1. The first kappa shape index (κ1) is 13.4. The average Bonchev–Trinajstić information content (AvgIpc) is 3.04. The van der Waals surface area contributed by atoms with Crippen LogP contribution in [0.3, 0.4) is 0 Å². The minimum atomic E-state index is -0.430. The lowest BCUT2D eigenvalue weighted by atomic mass is 10.3. The Morgan fingerprint density at radius 2 is 2.32 bits per heavy atom. The number of thiophene rings is 1. The molecule has 0 aliphatic carbocycles. The molecule has 19 heavy (non-hydrogen) atoms. The van der Waals surface area contributed by atoms with E-state index in [1.54, 1.807) is 17.5 Å². The molecule has 0 bridgehead atoms. The molecule has 0 N–H and O–H groups in total. The normalized spacial score (nSPS) is 10.8. The highest BCUT2D eigenvalue weighted by Gasteiger charge is 2.10. The largest absolute Gasteiger partial charge is 0.465 e. The molecular weight excluding hydrogens is 288 g/mol. The molecular formula is C11H8N2O4S2. The van der Waals surface area contributed by atoms with Crippen molar-refractivity contribution >= 4 is 45.8 Å². The summed E-state index contributed by atoms with van der Waals surface area (Å²) >= 11 is 2.26. The topological polar surface area (TPSA) is 82.3 Å². The van der Waals surface area contributed by atoms with Gasteiger partial charge in [0.15, 0.2) is 0 Å². The van der Waals surface area contributed by atoms with E-state index < -0.39 is 10.9 Å². The Bertz CT molecular complexity index is 645. The lowest BCUT2D eigenvalue weighted by Crippen LogP contribution is -1.96. The summed E-state index contributed by atoms with van der Waals surface area (Å²) in [5.41, 5.74) is 0.728. The fourth-order valence-corrected chi connectivity index (χ4v) is 2.68. The van der Waals surface area contributed by atoms with Crippen molar-refractivity contribution in [2.75, 3.05) is 7.11 Å². The van der Waals surface area contributed by atoms with E-state index in [9.17, 15) is 14.9 Å². The summed E-state index contributed by atoms with van der Waals surface area (Å²) in [6.45, 7) is 0. The smallest absolute Gasteiger partial charge is 0.349 e.